The first-order valence-electron chi connectivity index (χ1n) is 11.1. The van der Waals surface area contributed by atoms with Crippen LogP contribution in [0, 0.1) is 6.92 Å². The van der Waals surface area contributed by atoms with Gasteiger partial charge in [-0.1, -0.05) is 13.3 Å². The van der Waals surface area contributed by atoms with E-state index in [0.717, 1.165) is 12.1 Å². The Balaban J connectivity index is 2.05. The second-order valence-corrected chi connectivity index (χ2v) is 9.21. The summed E-state index contributed by atoms with van der Waals surface area (Å²) >= 11 is 0. The quantitative estimate of drug-likeness (QED) is 0.384. The fourth-order valence-corrected chi connectivity index (χ4v) is 4.61. The lowest BCUT2D eigenvalue weighted by Gasteiger charge is -2.13. The summed E-state index contributed by atoms with van der Waals surface area (Å²) < 4.78 is 40.6. The number of benzene rings is 1. The van der Waals surface area contributed by atoms with Crippen LogP contribution in [0.5, 0.6) is 5.75 Å². The summed E-state index contributed by atoms with van der Waals surface area (Å²) in [7, 11) is -3.77. The molecule has 0 aliphatic heterocycles. The van der Waals surface area contributed by atoms with E-state index in [2.05, 4.69) is 19.7 Å². The van der Waals surface area contributed by atoms with Gasteiger partial charge in [0.25, 0.3) is 0 Å². The van der Waals surface area contributed by atoms with E-state index in [0.29, 0.717) is 55.4 Å². The minimum absolute atomic E-state index is 0.0540. The molecule has 33 heavy (non-hydrogen) atoms. The molecule has 0 saturated heterocycles. The summed E-state index contributed by atoms with van der Waals surface area (Å²) in [5.41, 5.74) is 1.17. The zero-order chi connectivity index (χ0) is 24.0. The van der Waals surface area contributed by atoms with Gasteiger partial charge in [0.1, 0.15) is 17.4 Å². The van der Waals surface area contributed by atoms with Crippen LogP contribution in [0.2, 0.25) is 0 Å². The SMILES string of the molecule is CCCc1nc(C)n2c(=O)[nH]c(-c3cc(S(=O)(=O)NCCCOCC)ccc3OCC)nc12. The van der Waals surface area contributed by atoms with Gasteiger partial charge in [-0.15, -0.1) is 0 Å². The van der Waals surface area contributed by atoms with Crippen molar-refractivity contribution < 1.29 is 17.9 Å². The molecule has 0 spiro atoms. The standard InChI is InChI=1S/C22H31N5O5S/c1-5-9-18-21-25-20(26-22(28)27(21)15(4)24-18)17-14-16(10-11-19(17)32-7-3)33(29,30)23-12-8-13-31-6-2/h10-11,14,23H,5-9,12-13H2,1-4H3,(H,25,26,28). The second-order valence-electron chi connectivity index (χ2n) is 7.44. The number of aryl methyl sites for hydroxylation is 2. The summed E-state index contributed by atoms with van der Waals surface area (Å²) in [4.78, 5) is 24.8. The lowest BCUT2D eigenvalue weighted by Crippen LogP contribution is -2.25. The van der Waals surface area contributed by atoms with E-state index >= 15 is 0 Å². The summed E-state index contributed by atoms with van der Waals surface area (Å²) in [6.45, 7) is 9.17. The molecule has 0 aliphatic rings. The highest BCUT2D eigenvalue weighted by atomic mass is 32.2. The van der Waals surface area contributed by atoms with E-state index in [1.807, 2.05) is 20.8 Å². The number of hydrogen-bond acceptors (Lipinski definition) is 7. The first-order valence-corrected chi connectivity index (χ1v) is 12.6. The number of fused-ring (bicyclic) bond motifs is 1. The van der Waals surface area contributed by atoms with Crippen LogP contribution in [-0.4, -0.2) is 54.1 Å². The maximum atomic E-state index is 12.8. The third-order valence-electron chi connectivity index (χ3n) is 5.00. The van der Waals surface area contributed by atoms with Crippen molar-refractivity contribution in [2.75, 3.05) is 26.4 Å². The molecular formula is C22H31N5O5S. The fourth-order valence-electron chi connectivity index (χ4n) is 3.51. The Morgan fingerprint density at radius 3 is 2.64 bits per heavy atom. The zero-order valence-corrected chi connectivity index (χ0v) is 20.3. The van der Waals surface area contributed by atoms with Gasteiger partial charge in [0.15, 0.2) is 5.65 Å². The number of nitrogens with zero attached hydrogens (tertiary/aromatic N) is 3. The van der Waals surface area contributed by atoms with Crippen molar-refractivity contribution in [2.45, 2.75) is 51.9 Å². The summed E-state index contributed by atoms with van der Waals surface area (Å²) in [5.74, 6) is 1.20. The molecule has 0 fully saturated rings. The number of sulfonamides is 1. The Bertz CT molecular complexity index is 1270. The minimum atomic E-state index is -3.77. The van der Waals surface area contributed by atoms with Crippen LogP contribution >= 0.6 is 0 Å². The van der Waals surface area contributed by atoms with E-state index in [1.54, 1.807) is 13.0 Å². The van der Waals surface area contributed by atoms with Crippen LogP contribution in [-0.2, 0) is 21.2 Å². The lowest BCUT2D eigenvalue weighted by atomic mass is 10.2. The Morgan fingerprint density at radius 2 is 1.94 bits per heavy atom. The molecule has 0 atom stereocenters. The molecule has 180 valence electrons. The molecule has 0 amide bonds. The number of aromatic nitrogens is 4. The Labute approximate surface area is 193 Å². The van der Waals surface area contributed by atoms with Crippen LogP contribution in [0.25, 0.3) is 17.0 Å². The van der Waals surface area contributed by atoms with E-state index in [4.69, 9.17) is 9.47 Å². The number of hydrogen-bond donors (Lipinski definition) is 2. The van der Waals surface area contributed by atoms with Gasteiger partial charge in [-0.3, -0.25) is 4.98 Å². The molecule has 2 aromatic heterocycles. The predicted molar refractivity (Wildman–Crippen MR) is 125 cm³/mol. The van der Waals surface area contributed by atoms with Crippen LogP contribution in [0.4, 0.5) is 0 Å². The Morgan fingerprint density at radius 1 is 1.15 bits per heavy atom. The van der Waals surface area contributed by atoms with Gasteiger partial charge in [-0.05, 0) is 51.8 Å². The maximum Gasteiger partial charge on any atom is 0.334 e. The Hall–Kier alpha value is -2.76. The van der Waals surface area contributed by atoms with Gasteiger partial charge in [0, 0.05) is 19.8 Å². The minimum Gasteiger partial charge on any atom is -0.493 e. The summed E-state index contributed by atoms with van der Waals surface area (Å²) in [6.07, 6.45) is 2.08. The third-order valence-corrected chi connectivity index (χ3v) is 6.46. The number of imidazole rings is 1. The number of rotatable bonds is 12. The molecule has 10 nitrogen and oxygen atoms in total. The zero-order valence-electron chi connectivity index (χ0n) is 19.5. The number of ether oxygens (including phenoxy) is 2. The van der Waals surface area contributed by atoms with E-state index < -0.39 is 15.7 Å². The van der Waals surface area contributed by atoms with E-state index in [9.17, 15) is 13.2 Å². The first kappa shape index (κ1) is 24.9. The molecule has 0 unspecified atom stereocenters. The molecule has 0 radical (unpaired) electrons. The highest BCUT2D eigenvalue weighted by molar-refractivity contribution is 7.89. The smallest absolute Gasteiger partial charge is 0.334 e. The molecule has 0 aliphatic carbocycles. The van der Waals surface area contributed by atoms with Gasteiger partial charge < -0.3 is 9.47 Å². The molecule has 1 aromatic carbocycles. The van der Waals surface area contributed by atoms with Gasteiger partial charge in [-0.2, -0.15) is 0 Å². The molecule has 11 heteroatoms. The summed E-state index contributed by atoms with van der Waals surface area (Å²) in [6, 6.07) is 4.52. The number of aromatic amines is 1. The number of nitrogens with one attached hydrogen (secondary N) is 2. The Kier molecular flexibility index (Phi) is 8.22. The molecule has 0 saturated carbocycles. The van der Waals surface area contributed by atoms with E-state index in [-0.39, 0.29) is 17.3 Å². The normalized spacial score (nSPS) is 11.9. The van der Waals surface area contributed by atoms with Crippen LogP contribution in [0.3, 0.4) is 0 Å². The molecule has 3 rings (SSSR count). The van der Waals surface area contributed by atoms with Crippen molar-refractivity contribution in [3.63, 3.8) is 0 Å². The summed E-state index contributed by atoms with van der Waals surface area (Å²) in [5, 5.41) is 0. The van der Waals surface area contributed by atoms with Crippen molar-refractivity contribution in [3.8, 4) is 17.1 Å². The molecular weight excluding hydrogens is 446 g/mol. The lowest BCUT2D eigenvalue weighted by molar-refractivity contribution is 0.146. The van der Waals surface area contributed by atoms with Crippen molar-refractivity contribution >= 4 is 15.7 Å². The topological polar surface area (TPSA) is 128 Å². The van der Waals surface area contributed by atoms with Crippen molar-refractivity contribution in [1.82, 2.24) is 24.1 Å². The van der Waals surface area contributed by atoms with Crippen molar-refractivity contribution in [1.29, 1.82) is 0 Å². The van der Waals surface area contributed by atoms with Gasteiger partial charge >= 0.3 is 5.69 Å². The highest BCUT2D eigenvalue weighted by Crippen LogP contribution is 2.30. The third kappa shape index (κ3) is 5.60. The fraction of sp³-hybridized carbons (Fsp3) is 0.500. The largest absolute Gasteiger partial charge is 0.493 e. The first-order chi connectivity index (χ1) is 15.8. The molecule has 2 heterocycles. The van der Waals surface area contributed by atoms with E-state index in [1.165, 1.54) is 16.5 Å². The maximum absolute atomic E-state index is 12.8. The van der Waals surface area contributed by atoms with Gasteiger partial charge in [0.05, 0.1) is 22.8 Å². The predicted octanol–water partition coefficient (Wildman–Crippen LogP) is 2.45. The number of H-pyrrole nitrogens is 1. The van der Waals surface area contributed by atoms with Crippen molar-refractivity contribution in [3.05, 3.63) is 40.2 Å². The van der Waals surface area contributed by atoms with Gasteiger partial charge in [-0.25, -0.2) is 32.3 Å². The van der Waals surface area contributed by atoms with Crippen LogP contribution in [0.1, 0.15) is 45.1 Å². The van der Waals surface area contributed by atoms with Gasteiger partial charge in [0.2, 0.25) is 10.0 Å². The molecule has 0 bridgehead atoms. The molecule has 3 aromatic rings. The van der Waals surface area contributed by atoms with Crippen LogP contribution in [0.15, 0.2) is 27.9 Å². The van der Waals surface area contributed by atoms with Crippen molar-refractivity contribution in [2.24, 2.45) is 0 Å². The second kappa shape index (κ2) is 10.9. The molecule has 2 N–H and O–H groups in total. The average Bonchev–Trinajstić information content (AvgIpc) is 3.10. The van der Waals surface area contributed by atoms with Crippen LogP contribution < -0.4 is 15.1 Å². The highest BCUT2D eigenvalue weighted by Gasteiger charge is 2.20. The monoisotopic (exact) mass is 477 g/mol. The average molecular weight is 478 g/mol.